The molecule has 2 heterocycles. The van der Waals surface area contributed by atoms with Gasteiger partial charge in [0.2, 0.25) is 5.91 Å². The molecule has 2 amide bonds. The van der Waals surface area contributed by atoms with Gasteiger partial charge in [-0.25, -0.2) is 0 Å². The lowest BCUT2D eigenvalue weighted by atomic mass is 9.92. The Labute approximate surface area is 142 Å². The number of hydrogen-bond donors (Lipinski definition) is 1. The maximum Gasteiger partial charge on any atom is 0.272 e. The van der Waals surface area contributed by atoms with E-state index >= 15 is 0 Å². The van der Waals surface area contributed by atoms with Gasteiger partial charge in [0.1, 0.15) is 5.69 Å². The van der Waals surface area contributed by atoms with Gasteiger partial charge >= 0.3 is 0 Å². The summed E-state index contributed by atoms with van der Waals surface area (Å²) in [4.78, 5) is 26.6. The van der Waals surface area contributed by atoms with E-state index in [1.165, 1.54) is 0 Å². The monoisotopic (exact) mass is 334 g/mol. The molecule has 0 aromatic carbocycles. The summed E-state index contributed by atoms with van der Waals surface area (Å²) in [5.41, 5.74) is 6.42. The van der Waals surface area contributed by atoms with Crippen molar-refractivity contribution in [2.24, 2.45) is 5.73 Å². The van der Waals surface area contributed by atoms with Gasteiger partial charge in [-0.2, -0.15) is 5.10 Å². The lowest BCUT2D eigenvalue weighted by molar-refractivity contribution is -0.121. The van der Waals surface area contributed by atoms with E-state index in [4.69, 9.17) is 10.5 Å². The van der Waals surface area contributed by atoms with Crippen LogP contribution in [0.4, 0.5) is 0 Å². The fourth-order valence-electron chi connectivity index (χ4n) is 3.80. The first-order valence-electron chi connectivity index (χ1n) is 8.67. The van der Waals surface area contributed by atoms with Crippen molar-refractivity contribution in [2.75, 3.05) is 20.3 Å². The average Bonchev–Trinajstić information content (AvgIpc) is 3.17. The Morgan fingerprint density at radius 1 is 1.46 bits per heavy atom. The largest absolute Gasteiger partial charge is 0.382 e. The molecule has 7 heteroatoms. The van der Waals surface area contributed by atoms with Crippen molar-refractivity contribution >= 4 is 11.8 Å². The Morgan fingerprint density at radius 3 is 2.79 bits per heavy atom. The number of amides is 2. The fourth-order valence-corrected chi connectivity index (χ4v) is 3.80. The van der Waals surface area contributed by atoms with E-state index in [2.05, 4.69) is 5.10 Å². The molecular weight excluding hydrogens is 308 g/mol. The fraction of sp³-hybridized carbons (Fsp3) is 0.706. The number of aromatic nitrogens is 2. The lowest BCUT2D eigenvalue weighted by Crippen LogP contribution is -2.52. The van der Waals surface area contributed by atoms with Crippen LogP contribution in [-0.2, 0) is 16.1 Å². The van der Waals surface area contributed by atoms with Gasteiger partial charge in [-0.05, 0) is 38.7 Å². The smallest absolute Gasteiger partial charge is 0.272 e. The van der Waals surface area contributed by atoms with Gasteiger partial charge in [-0.15, -0.1) is 0 Å². The summed E-state index contributed by atoms with van der Waals surface area (Å²) in [5.74, 6) is 0.0127. The highest BCUT2D eigenvalue weighted by molar-refractivity contribution is 5.94. The number of rotatable bonds is 7. The van der Waals surface area contributed by atoms with Crippen LogP contribution >= 0.6 is 0 Å². The summed E-state index contributed by atoms with van der Waals surface area (Å²) in [7, 11) is 1.59. The molecule has 7 nitrogen and oxygen atoms in total. The van der Waals surface area contributed by atoms with Gasteiger partial charge in [0.15, 0.2) is 0 Å². The van der Waals surface area contributed by atoms with Crippen molar-refractivity contribution in [3.05, 3.63) is 17.5 Å². The third kappa shape index (κ3) is 3.05. The zero-order chi connectivity index (χ0) is 17.3. The van der Waals surface area contributed by atoms with Crippen molar-refractivity contribution in [3.63, 3.8) is 0 Å². The van der Waals surface area contributed by atoms with Gasteiger partial charge in [-0.3, -0.25) is 14.3 Å². The molecule has 1 aromatic heterocycles. The predicted molar refractivity (Wildman–Crippen MR) is 88.6 cm³/mol. The molecule has 1 aromatic rings. The molecule has 132 valence electrons. The van der Waals surface area contributed by atoms with Gasteiger partial charge < -0.3 is 15.4 Å². The molecule has 0 spiro atoms. The first-order valence-corrected chi connectivity index (χ1v) is 8.67. The summed E-state index contributed by atoms with van der Waals surface area (Å²) in [6, 6.07) is 1.92. The van der Waals surface area contributed by atoms with E-state index in [0.717, 1.165) is 31.4 Å². The van der Waals surface area contributed by atoms with E-state index in [1.807, 2.05) is 13.0 Å². The highest BCUT2D eigenvalue weighted by atomic mass is 16.5. The first-order chi connectivity index (χ1) is 11.5. The van der Waals surface area contributed by atoms with Gasteiger partial charge in [0.05, 0.1) is 24.3 Å². The molecule has 0 radical (unpaired) electrons. The molecule has 1 aliphatic heterocycles. The minimum absolute atomic E-state index is 0.0768. The molecule has 1 atom stereocenters. The number of ether oxygens (including phenoxy) is 1. The highest BCUT2D eigenvalue weighted by Gasteiger charge is 2.46. The standard InChI is InChI=1S/C17H26N4O3/c1-3-21-14(9-13(19-21)12-5-6-12)16(23)20-8-4-7-17(20,11-24-2)10-15(18)22/h9,12H,3-8,10-11H2,1-2H3,(H2,18,22). The second-order valence-corrected chi connectivity index (χ2v) is 6.91. The van der Waals surface area contributed by atoms with Crippen LogP contribution in [0.5, 0.6) is 0 Å². The first kappa shape index (κ1) is 17.0. The van der Waals surface area contributed by atoms with Crippen LogP contribution in [0.1, 0.15) is 61.1 Å². The number of nitrogens with two attached hydrogens (primary N) is 1. The normalized spacial score (nSPS) is 23.7. The minimum atomic E-state index is -0.639. The topological polar surface area (TPSA) is 90.4 Å². The summed E-state index contributed by atoms with van der Waals surface area (Å²) in [6.07, 6.45) is 3.99. The Morgan fingerprint density at radius 2 is 2.21 bits per heavy atom. The number of likely N-dealkylation sites (tertiary alicyclic amines) is 1. The summed E-state index contributed by atoms with van der Waals surface area (Å²) < 4.78 is 7.11. The molecule has 1 saturated heterocycles. The van der Waals surface area contributed by atoms with Gasteiger partial charge in [0, 0.05) is 26.1 Å². The summed E-state index contributed by atoms with van der Waals surface area (Å²) in [5, 5.41) is 4.58. The second-order valence-electron chi connectivity index (χ2n) is 6.91. The Hall–Kier alpha value is -1.89. The van der Waals surface area contributed by atoms with Crippen LogP contribution in [0.25, 0.3) is 0 Å². The number of nitrogens with zero attached hydrogens (tertiary/aromatic N) is 3. The quantitative estimate of drug-likeness (QED) is 0.813. The third-order valence-corrected chi connectivity index (χ3v) is 5.07. The van der Waals surface area contributed by atoms with Crippen LogP contribution in [0.2, 0.25) is 0 Å². The van der Waals surface area contributed by atoms with Crippen molar-refractivity contribution < 1.29 is 14.3 Å². The zero-order valence-electron chi connectivity index (χ0n) is 14.5. The molecule has 2 N–H and O–H groups in total. The molecule has 2 fully saturated rings. The lowest BCUT2D eigenvalue weighted by Gasteiger charge is -2.37. The maximum absolute atomic E-state index is 13.2. The van der Waals surface area contributed by atoms with E-state index in [9.17, 15) is 9.59 Å². The highest BCUT2D eigenvalue weighted by Crippen LogP contribution is 2.40. The number of aryl methyl sites for hydroxylation is 1. The van der Waals surface area contributed by atoms with E-state index in [1.54, 1.807) is 16.7 Å². The Kier molecular flexibility index (Phi) is 4.62. The van der Waals surface area contributed by atoms with Crippen LogP contribution in [0.15, 0.2) is 6.07 Å². The number of carbonyl (C=O) groups is 2. The van der Waals surface area contributed by atoms with E-state index in [0.29, 0.717) is 31.3 Å². The molecule has 1 saturated carbocycles. The third-order valence-electron chi connectivity index (χ3n) is 5.07. The summed E-state index contributed by atoms with van der Waals surface area (Å²) in [6.45, 7) is 3.56. The average molecular weight is 334 g/mol. The number of methoxy groups -OCH3 is 1. The number of carbonyl (C=O) groups excluding carboxylic acids is 2. The van der Waals surface area contributed by atoms with Crippen LogP contribution in [0, 0.1) is 0 Å². The predicted octanol–water partition coefficient (Wildman–Crippen LogP) is 1.28. The van der Waals surface area contributed by atoms with Crippen LogP contribution in [0.3, 0.4) is 0 Å². The Bertz CT molecular complexity index is 638. The molecule has 3 rings (SSSR count). The van der Waals surface area contributed by atoms with E-state index in [-0.39, 0.29) is 12.3 Å². The number of primary amides is 1. The van der Waals surface area contributed by atoms with Crippen molar-refractivity contribution in [2.45, 2.75) is 57.0 Å². The second kappa shape index (κ2) is 6.55. The van der Waals surface area contributed by atoms with Gasteiger partial charge in [0.25, 0.3) is 5.91 Å². The van der Waals surface area contributed by atoms with Crippen molar-refractivity contribution in [1.82, 2.24) is 14.7 Å². The molecule has 0 bridgehead atoms. The molecule has 1 unspecified atom stereocenters. The van der Waals surface area contributed by atoms with E-state index < -0.39 is 11.4 Å². The van der Waals surface area contributed by atoms with Crippen LogP contribution in [-0.4, -0.2) is 52.3 Å². The van der Waals surface area contributed by atoms with Gasteiger partial charge in [-0.1, -0.05) is 0 Å². The summed E-state index contributed by atoms with van der Waals surface area (Å²) >= 11 is 0. The Balaban J connectivity index is 1.91. The SMILES string of the molecule is CCn1nc(C2CC2)cc1C(=O)N1CCCC1(COC)CC(N)=O. The minimum Gasteiger partial charge on any atom is -0.382 e. The molecule has 1 aliphatic carbocycles. The number of hydrogen-bond acceptors (Lipinski definition) is 4. The zero-order valence-corrected chi connectivity index (χ0v) is 14.5. The van der Waals surface area contributed by atoms with Crippen molar-refractivity contribution in [3.8, 4) is 0 Å². The molecule has 2 aliphatic rings. The van der Waals surface area contributed by atoms with Crippen LogP contribution < -0.4 is 5.73 Å². The molecule has 24 heavy (non-hydrogen) atoms. The molecular formula is C17H26N4O3. The van der Waals surface area contributed by atoms with Crippen molar-refractivity contribution in [1.29, 1.82) is 0 Å². The maximum atomic E-state index is 13.2.